The van der Waals surface area contributed by atoms with Crippen LogP contribution < -0.4 is 9.80 Å². The molecule has 2 aromatic rings. The zero-order valence-corrected chi connectivity index (χ0v) is 17.4. The summed E-state index contributed by atoms with van der Waals surface area (Å²) >= 11 is 0. The number of nitrogens with zero attached hydrogens (tertiary/aromatic N) is 3. The lowest BCUT2D eigenvalue weighted by Gasteiger charge is -2.22. The van der Waals surface area contributed by atoms with Gasteiger partial charge in [-0.05, 0) is 50.3 Å². The van der Waals surface area contributed by atoms with Crippen molar-refractivity contribution in [3.05, 3.63) is 66.0 Å². The van der Waals surface area contributed by atoms with Crippen molar-refractivity contribution in [3.8, 4) is 0 Å². The number of esters is 1. The summed E-state index contributed by atoms with van der Waals surface area (Å²) in [5.41, 5.74) is 2.77. The zero-order chi connectivity index (χ0) is 22.4. The molecular formula is C23H24F3N3O2. The first-order valence-corrected chi connectivity index (χ1v) is 10.1. The Morgan fingerprint density at radius 3 is 2.35 bits per heavy atom. The number of alkyl halides is 3. The lowest BCUT2D eigenvalue weighted by atomic mass is 10.1. The molecule has 0 aromatic heterocycles. The molecule has 0 spiro atoms. The van der Waals surface area contributed by atoms with Crippen molar-refractivity contribution in [3.63, 3.8) is 0 Å². The number of carbonyl (C=O) groups is 1. The molecule has 0 fully saturated rings. The maximum Gasteiger partial charge on any atom is 0.392 e. The van der Waals surface area contributed by atoms with Crippen LogP contribution in [0.5, 0.6) is 0 Å². The fourth-order valence-corrected chi connectivity index (χ4v) is 3.38. The van der Waals surface area contributed by atoms with E-state index in [0.717, 1.165) is 22.9 Å². The molecule has 0 N–H and O–H groups in total. The first-order valence-electron chi connectivity index (χ1n) is 10.1. The predicted molar refractivity (Wildman–Crippen MR) is 116 cm³/mol. The quantitative estimate of drug-likeness (QED) is 0.416. The molecule has 0 saturated carbocycles. The average molecular weight is 431 g/mol. The van der Waals surface area contributed by atoms with E-state index in [1.807, 2.05) is 55.2 Å². The summed E-state index contributed by atoms with van der Waals surface area (Å²) in [4.78, 5) is 20.8. The molecule has 0 radical (unpaired) electrons. The van der Waals surface area contributed by atoms with Crippen molar-refractivity contribution in [2.75, 3.05) is 29.5 Å². The summed E-state index contributed by atoms with van der Waals surface area (Å²) in [5.74, 6) is 0.136. The minimum atomic E-state index is -4.36. The molecule has 0 atom stereocenters. The standard InChI is InChI=1S/C23H24F3N3O2/c1-3-28-19-11-10-17(22(30)31-15-13-23(24,25)26)16-20(19)29(4-2)21(28)12-14-27-18-8-6-5-7-9-18/h5-12,14,16H,3-4,13,15H2,1-2H3/b21-12-,27-14?. The number of hydrogen-bond acceptors (Lipinski definition) is 5. The van der Waals surface area contributed by atoms with Crippen LogP contribution in [0.1, 0.15) is 30.6 Å². The normalized spacial score (nSPS) is 15.1. The number of ether oxygens (including phenoxy) is 1. The van der Waals surface area contributed by atoms with E-state index in [1.165, 1.54) is 0 Å². The summed E-state index contributed by atoms with van der Waals surface area (Å²) in [5, 5.41) is 0. The highest BCUT2D eigenvalue weighted by molar-refractivity contribution is 5.95. The smallest absolute Gasteiger partial charge is 0.392 e. The molecule has 1 heterocycles. The molecular weight excluding hydrogens is 407 g/mol. The van der Waals surface area contributed by atoms with Crippen LogP contribution in [-0.2, 0) is 4.74 Å². The molecule has 5 nitrogen and oxygen atoms in total. The van der Waals surface area contributed by atoms with Gasteiger partial charge in [-0.3, -0.25) is 4.99 Å². The Balaban J connectivity index is 1.82. The first-order chi connectivity index (χ1) is 14.8. The number of rotatable bonds is 7. The molecule has 31 heavy (non-hydrogen) atoms. The number of para-hydroxylation sites is 1. The molecule has 3 rings (SSSR count). The topological polar surface area (TPSA) is 45.1 Å². The van der Waals surface area contributed by atoms with Gasteiger partial charge in [-0.15, -0.1) is 0 Å². The summed E-state index contributed by atoms with van der Waals surface area (Å²) in [7, 11) is 0. The Kier molecular flexibility index (Phi) is 6.99. The molecule has 0 saturated heterocycles. The highest BCUT2D eigenvalue weighted by Gasteiger charge is 2.31. The Bertz CT molecular complexity index is 972. The largest absolute Gasteiger partial charge is 0.462 e. The van der Waals surface area contributed by atoms with Gasteiger partial charge in [0.1, 0.15) is 12.4 Å². The van der Waals surface area contributed by atoms with Gasteiger partial charge in [0.2, 0.25) is 0 Å². The number of allylic oxidation sites excluding steroid dienone is 1. The van der Waals surface area contributed by atoms with E-state index in [1.54, 1.807) is 24.4 Å². The van der Waals surface area contributed by atoms with Crippen molar-refractivity contribution < 1.29 is 22.7 Å². The minimum absolute atomic E-state index is 0.217. The van der Waals surface area contributed by atoms with E-state index in [-0.39, 0.29) is 5.56 Å². The molecule has 8 heteroatoms. The van der Waals surface area contributed by atoms with Crippen molar-refractivity contribution in [2.24, 2.45) is 4.99 Å². The summed E-state index contributed by atoms with van der Waals surface area (Å²) in [6.07, 6.45) is -1.89. The average Bonchev–Trinajstić information content (AvgIpc) is 3.05. The lowest BCUT2D eigenvalue weighted by molar-refractivity contribution is -0.141. The van der Waals surface area contributed by atoms with E-state index in [2.05, 4.69) is 9.89 Å². The van der Waals surface area contributed by atoms with Gasteiger partial charge in [-0.25, -0.2) is 4.79 Å². The Labute approximate surface area is 179 Å². The van der Waals surface area contributed by atoms with Crippen molar-refractivity contribution in [1.82, 2.24) is 0 Å². The van der Waals surface area contributed by atoms with Crippen LogP contribution in [0.25, 0.3) is 0 Å². The summed E-state index contributed by atoms with van der Waals surface area (Å²) < 4.78 is 41.7. The SMILES string of the molecule is CCN1/C(=C/C=Nc2ccccc2)N(CC)c2cc(C(=O)OCCC(F)(F)F)ccc21. The fraction of sp³-hybridized carbons (Fsp3) is 0.304. The summed E-state index contributed by atoms with van der Waals surface area (Å²) in [6.45, 7) is 4.65. The van der Waals surface area contributed by atoms with Gasteiger partial charge in [-0.1, -0.05) is 18.2 Å². The molecule has 0 unspecified atom stereocenters. The van der Waals surface area contributed by atoms with Gasteiger partial charge in [0.15, 0.2) is 0 Å². The molecule has 0 amide bonds. The van der Waals surface area contributed by atoms with Crippen molar-refractivity contribution in [1.29, 1.82) is 0 Å². The van der Waals surface area contributed by atoms with Crippen LogP contribution in [0.15, 0.2) is 65.4 Å². The highest BCUT2D eigenvalue weighted by atomic mass is 19.4. The Hall–Kier alpha value is -3.29. The van der Waals surface area contributed by atoms with E-state index >= 15 is 0 Å². The zero-order valence-electron chi connectivity index (χ0n) is 17.4. The summed E-state index contributed by atoms with van der Waals surface area (Å²) in [6, 6.07) is 14.6. The monoisotopic (exact) mass is 431 g/mol. The molecule has 0 aliphatic carbocycles. The van der Waals surface area contributed by atoms with Gasteiger partial charge in [0, 0.05) is 19.3 Å². The number of aliphatic imine (C=N–C) groups is 1. The lowest BCUT2D eigenvalue weighted by Crippen LogP contribution is -2.28. The molecule has 0 bridgehead atoms. The van der Waals surface area contributed by atoms with Crippen molar-refractivity contribution >= 4 is 29.2 Å². The van der Waals surface area contributed by atoms with Crippen LogP contribution in [0.4, 0.5) is 30.2 Å². The maximum absolute atomic E-state index is 12.3. The number of halogens is 3. The second-order valence-electron chi connectivity index (χ2n) is 6.83. The molecule has 2 aromatic carbocycles. The predicted octanol–water partition coefficient (Wildman–Crippen LogP) is 5.71. The van der Waals surface area contributed by atoms with Gasteiger partial charge in [0.25, 0.3) is 0 Å². The minimum Gasteiger partial charge on any atom is -0.462 e. The molecule has 1 aliphatic heterocycles. The van der Waals surface area contributed by atoms with Crippen LogP contribution in [0.2, 0.25) is 0 Å². The number of benzene rings is 2. The van der Waals surface area contributed by atoms with Crippen LogP contribution in [0.3, 0.4) is 0 Å². The Morgan fingerprint density at radius 1 is 1.03 bits per heavy atom. The van der Waals surface area contributed by atoms with E-state index in [4.69, 9.17) is 4.74 Å². The molecule has 1 aliphatic rings. The third kappa shape index (κ3) is 5.45. The van der Waals surface area contributed by atoms with Crippen LogP contribution in [0, 0.1) is 0 Å². The van der Waals surface area contributed by atoms with E-state index < -0.39 is 25.2 Å². The van der Waals surface area contributed by atoms with Crippen molar-refractivity contribution in [2.45, 2.75) is 26.4 Å². The highest BCUT2D eigenvalue weighted by Crippen LogP contribution is 2.41. The van der Waals surface area contributed by atoms with Crippen LogP contribution in [-0.4, -0.2) is 38.1 Å². The number of carbonyl (C=O) groups excluding carboxylic acids is 1. The second-order valence-corrected chi connectivity index (χ2v) is 6.83. The van der Waals surface area contributed by atoms with Crippen LogP contribution >= 0.6 is 0 Å². The second kappa shape index (κ2) is 9.68. The first kappa shape index (κ1) is 22.4. The Morgan fingerprint density at radius 2 is 1.71 bits per heavy atom. The third-order valence-corrected chi connectivity index (χ3v) is 4.80. The maximum atomic E-state index is 12.3. The van der Waals surface area contributed by atoms with Gasteiger partial charge in [-0.2, -0.15) is 13.2 Å². The fourth-order valence-electron chi connectivity index (χ4n) is 3.38. The number of hydrogen-bond donors (Lipinski definition) is 0. The van der Waals surface area contributed by atoms with Gasteiger partial charge in [0.05, 0.1) is 29.0 Å². The number of fused-ring (bicyclic) bond motifs is 1. The van der Waals surface area contributed by atoms with E-state index in [9.17, 15) is 18.0 Å². The van der Waals surface area contributed by atoms with Gasteiger partial charge >= 0.3 is 12.1 Å². The number of anilines is 2. The van der Waals surface area contributed by atoms with Gasteiger partial charge < -0.3 is 14.5 Å². The van der Waals surface area contributed by atoms with E-state index in [0.29, 0.717) is 13.1 Å². The third-order valence-electron chi connectivity index (χ3n) is 4.80. The molecule has 164 valence electrons.